The maximum atomic E-state index is 12.8. The summed E-state index contributed by atoms with van der Waals surface area (Å²) in [6.07, 6.45) is -2.60. The van der Waals surface area contributed by atoms with E-state index in [0.29, 0.717) is 12.8 Å². The number of aliphatic carboxylic acids is 1. The van der Waals surface area contributed by atoms with Crippen molar-refractivity contribution in [2.45, 2.75) is 74.7 Å². The van der Waals surface area contributed by atoms with Gasteiger partial charge in [-0.25, -0.2) is 0 Å². The molecule has 5 atom stereocenters. The average molecular weight is 481 g/mol. The third-order valence-corrected chi connectivity index (χ3v) is 7.17. The minimum atomic E-state index is -4.47. The molecule has 5 unspecified atom stereocenters. The zero-order valence-corrected chi connectivity index (χ0v) is 18.5. The molecule has 0 spiro atoms. The third-order valence-electron chi connectivity index (χ3n) is 5.54. The molecule has 1 aliphatic rings. The molecule has 1 aromatic rings. The maximum Gasteiger partial charge on any atom is 0.416 e. The van der Waals surface area contributed by atoms with Crippen molar-refractivity contribution in [1.82, 2.24) is 0 Å². The number of unbranched alkanes of at least 4 members (excludes halogenated alkanes) is 3. The molecule has 0 heterocycles. The number of ether oxygens (including phenoxy) is 1. The molecule has 0 radical (unpaired) electrons. The fourth-order valence-electron chi connectivity index (χ4n) is 3.89. The van der Waals surface area contributed by atoms with Crippen LogP contribution < -0.4 is 4.74 Å². The fraction of sp³-hybridized carbons (Fsp3) is 0.682. The molecule has 1 saturated carbocycles. The van der Waals surface area contributed by atoms with E-state index in [-0.39, 0.29) is 42.1 Å². The molecule has 0 amide bonds. The first-order valence-electron chi connectivity index (χ1n) is 10.8. The smallest absolute Gasteiger partial charge is 0.416 e. The number of thioether (sulfide) groups is 1. The van der Waals surface area contributed by atoms with E-state index in [2.05, 4.69) is 0 Å². The van der Waals surface area contributed by atoms with Gasteiger partial charge in [0.25, 0.3) is 0 Å². The Kier molecular flexibility index (Phi) is 10.6. The number of carboxylic acids is 1. The number of aliphatic hydroxyl groups excluding tert-OH is 3. The van der Waals surface area contributed by atoms with Gasteiger partial charge in [-0.05, 0) is 37.0 Å². The highest BCUT2D eigenvalue weighted by molar-refractivity contribution is 8.00. The molecule has 32 heavy (non-hydrogen) atoms. The van der Waals surface area contributed by atoms with Gasteiger partial charge in [-0.3, -0.25) is 4.79 Å². The maximum absolute atomic E-state index is 12.8. The van der Waals surface area contributed by atoms with Gasteiger partial charge in [0.15, 0.2) is 0 Å². The molecule has 0 aromatic heterocycles. The van der Waals surface area contributed by atoms with Crippen LogP contribution in [0.25, 0.3) is 0 Å². The summed E-state index contributed by atoms with van der Waals surface area (Å²) in [4.78, 5) is 10.5. The van der Waals surface area contributed by atoms with Crippen LogP contribution >= 0.6 is 11.8 Å². The Hall–Kier alpha value is -1.49. The van der Waals surface area contributed by atoms with Gasteiger partial charge in [0, 0.05) is 23.8 Å². The second kappa shape index (κ2) is 12.7. The van der Waals surface area contributed by atoms with Crippen LogP contribution in [0.2, 0.25) is 0 Å². The summed E-state index contributed by atoms with van der Waals surface area (Å²) < 4.78 is 43.6. The second-order valence-corrected chi connectivity index (χ2v) is 9.38. The average Bonchev–Trinajstić information content (AvgIpc) is 2.99. The second-order valence-electron chi connectivity index (χ2n) is 8.17. The lowest BCUT2D eigenvalue weighted by atomic mass is 9.97. The number of benzene rings is 1. The van der Waals surface area contributed by atoms with Crippen molar-refractivity contribution in [3.63, 3.8) is 0 Å². The minimum absolute atomic E-state index is 0.0148. The van der Waals surface area contributed by atoms with Crippen LogP contribution in [0.3, 0.4) is 0 Å². The summed E-state index contributed by atoms with van der Waals surface area (Å²) in [6.45, 7) is -0.187. The van der Waals surface area contributed by atoms with Gasteiger partial charge in [-0.1, -0.05) is 25.3 Å². The number of hydrogen-bond acceptors (Lipinski definition) is 6. The molecule has 2 rings (SSSR count). The Morgan fingerprint density at radius 3 is 2.56 bits per heavy atom. The van der Waals surface area contributed by atoms with Crippen LogP contribution in [-0.2, 0) is 11.0 Å². The van der Waals surface area contributed by atoms with Crippen molar-refractivity contribution in [3.8, 4) is 5.75 Å². The monoisotopic (exact) mass is 480 g/mol. The molecule has 1 aromatic carbocycles. The summed E-state index contributed by atoms with van der Waals surface area (Å²) in [5.74, 6) is -0.721. The minimum Gasteiger partial charge on any atom is -0.491 e. The molecular formula is C22H31F3O6S. The van der Waals surface area contributed by atoms with Gasteiger partial charge in [-0.15, -0.1) is 0 Å². The molecule has 182 valence electrons. The Bertz CT molecular complexity index is 717. The van der Waals surface area contributed by atoms with Gasteiger partial charge in [0.1, 0.15) is 12.4 Å². The standard InChI is InChI=1S/C22H31F3O6S/c23-22(24,25)14-6-5-7-16(10-14)31-12-15(26)13-32-21-17(18(27)11-19(21)28)8-3-1-2-4-9-20(29)30/h5-7,10,15,17-19,21,26-28H,1-4,8-9,11-13H2,(H,29,30). The number of halogens is 3. The zero-order chi connectivity index (χ0) is 23.7. The highest BCUT2D eigenvalue weighted by Gasteiger charge is 2.41. The number of aliphatic hydroxyl groups is 3. The van der Waals surface area contributed by atoms with Crippen LogP contribution in [0.1, 0.15) is 50.5 Å². The SMILES string of the molecule is O=C(O)CCCCCCC1C(O)CC(O)C1SCC(O)COc1cccc(C(F)(F)F)c1. The van der Waals surface area contributed by atoms with Crippen LogP contribution in [0.4, 0.5) is 13.2 Å². The van der Waals surface area contributed by atoms with Crippen LogP contribution in [-0.4, -0.2) is 62.3 Å². The number of hydrogen-bond donors (Lipinski definition) is 4. The molecule has 0 bridgehead atoms. The molecule has 0 saturated heterocycles. The van der Waals surface area contributed by atoms with E-state index in [1.165, 1.54) is 23.9 Å². The zero-order valence-electron chi connectivity index (χ0n) is 17.7. The summed E-state index contributed by atoms with van der Waals surface area (Å²) in [6, 6.07) is 4.45. The lowest BCUT2D eigenvalue weighted by Crippen LogP contribution is -2.28. The van der Waals surface area contributed by atoms with E-state index >= 15 is 0 Å². The van der Waals surface area contributed by atoms with Gasteiger partial charge < -0.3 is 25.2 Å². The van der Waals surface area contributed by atoms with Crippen molar-refractivity contribution in [2.75, 3.05) is 12.4 Å². The van der Waals surface area contributed by atoms with Crippen LogP contribution in [0.5, 0.6) is 5.75 Å². The predicted molar refractivity (Wildman–Crippen MR) is 115 cm³/mol. The quantitative estimate of drug-likeness (QED) is 0.319. The van der Waals surface area contributed by atoms with Crippen molar-refractivity contribution in [3.05, 3.63) is 29.8 Å². The summed E-state index contributed by atoms with van der Waals surface area (Å²) in [7, 11) is 0. The van der Waals surface area contributed by atoms with E-state index in [4.69, 9.17) is 9.84 Å². The number of carbonyl (C=O) groups is 1. The molecule has 4 N–H and O–H groups in total. The number of alkyl halides is 3. The van der Waals surface area contributed by atoms with Gasteiger partial charge >= 0.3 is 12.1 Å². The predicted octanol–water partition coefficient (Wildman–Crippen LogP) is 3.71. The highest BCUT2D eigenvalue weighted by Crippen LogP contribution is 2.39. The van der Waals surface area contributed by atoms with Crippen LogP contribution in [0, 0.1) is 5.92 Å². The third kappa shape index (κ3) is 8.80. The molecule has 1 aliphatic carbocycles. The molecule has 6 nitrogen and oxygen atoms in total. The Morgan fingerprint density at radius 2 is 1.88 bits per heavy atom. The molecule has 1 fully saturated rings. The first-order chi connectivity index (χ1) is 15.1. The van der Waals surface area contributed by atoms with E-state index in [1.807, 2.05) is 0 Å². The van der Waals surface area contributed by atoms with Gasteiger partial charge in [0.2, 0.25) is 0 Å². The topological polar surface area (TPSA) is 107 Å². The van der Waals surface area contributed by atoms with E-state index in [1.54, 1.807) is 0 Å². The summed E-state index contributed by atoms with van der Waals surface area (Å²) in [5, 5.41) is 39.2. The Morgan fingerprint density at radius 1 is 1.16 bits per heavy atom. The lowest BCUT2D eigenvalue weighted by molar-refractivity contribution is -0.138. The van der Waals surface area contributed by atoms with Crippen molar-refractivity contribution in [2.24, 2.45) is 5.92 Å². The number of rotatable bonds is 13. The fourth-order valence-corrected chi connectivity index (χ4v) is 5.33. The van der Waals surface area contributed by atoms with Gasteiger partial charge in [-0.2, -0.15) is 24.9 Å². The van der Waals surface area contributed by atoms with Crippen molar-refractivity contribution in [1.29, 1.82) is 0 Å². The number of carboxylic acid groups (broad SMARTS) is 1. The lowest BCUT2D eigenvalue weighted by Gasteiger charge is -2.24. The van der Waals surface area contributed by atoms with Crippen LogP contribution in [0.15, 0.2) is 24.3 Å². The van der Waals surface area contributed by atoms with Crippen molar-refractivity contribution < 1.29 is 43.1 Å². The Balaban J connectivity index is 1.75. The highest BCUT2D eigenvalue weighted by atomic mass is 32.2. The molecule has 10 heteroatoms. The molecule has 0 aliphatic heterocycles. The summed E-state index contributed by atoms with van der Waals surface area (Å²) in [5.41, 5.74) is -0.826. The van der Waals surface area contributed by atoms with Gasteiger partial charge in [0.05, 0.1) is 23.9 Å². The molecular weight excluding hydrogens is 449 g/mol. The Labute approximate surface area is 189 Å². The van der Waals surface area contributed by atoms with Crippen molar-refractivity contribution >= 4 is 17.7 Å². The van der Waals surface area contributed by atoms with E-state index in [0.717, 1.165) is 31.4 Å². The van der Waals surface area contributed by atoms with E-state index < -0.39 is 36.0 Å². The normalized spacial score (nSPS) is 24.4. The largest absolute Gasteiger partial charge is 0.491 e. The van der Waals surface area contributed by atoms with E-state index in [9.17, 15) is 33.3 Å². The first-order valence-corrected chi connectivity index (χ1v) is 11.8. The summed E-state index contributed by atoms with van der Waals surface area (Å²) >= 11 is 1.33. The first kappa shape index (κ1) is 26.8.